The van der Waals surface area contributed by atoms with Crippen LogP contribution in [0.2, 0.25) is 0 Å². The highest BCUT2D eigenvalue weighted by Gasteiger charge is 2.30. The summed E-state index contributed by atoms with van der Waals surface area (Å²) in [5.74, 6) is 0.102. The molecule has 1 fully saturated rings. The van der Waals surface area contributed by atoms with E-state index in [1.54, 1.807) is 9.58 Å². The van der Waals surface area contributed by atoms with Crippen LogP contribution in [0, 0.1) is 0 Å². The summed E-state index contributed by atoms with van der Waals surface area (Å²) in [6.45, 7) is 2.64. The second kappa shape index (κ2) is 3.66. The minimum absolute atomic E-state index is 0.0394. The van der Waals surface area contributed by atoms with Crippen LogP contribution in [-0.2, 0) is 18.3 Å². The molecule has 0 bridgehead atoms. The lowest BCUT2D eigenvalue weighted by Gasteiger charge is -2.14. The van der Waals surface area contributed by atoms with Crippen LogP contribution >= 0.6 is 0 Å². The minimum atomic E-state index is -0.0394. The quantitative estimate of drug-likeness (QED) is 0.746. The minimum Gasteiger partial charge on any atom is -0.326 e. The van der Waals surface area contributed by atoms with Crippen molar-refractivity contribution in [2.24, 2.45) is 12.8 Å². The molecule has 1 unspecified atom stereocenters. The second-order valence-electron chi connectivity index (χ2n) is 3.96. The standard InChI is InChI=1S/C10H16N4O/c1-3-8-9(6-13(2)12-8)14-5-7(11)4-10(14)15/h6-7H,3-5,11H2,1-2H3. The molecular weight excluding hydrogens is 192 g/mol. The summed E-state index contributed by atoms with van der Waals surface area (Å²) in [6, 6.07) is -0.0394. The van der Waals surface area contributed by atoms with Crippen molar-refractivity contribution in [2.45, 2.75) is 25.8 Å². The summed E-state index contributed by atoms with van der Waals surface area (Å²) >= 11 is 0. The lowest BCUT2D eigenvalue weighted by atomic mass is 10.3. The first-order valence-corrected chi connectivity index (χ1v) is 5.20. The number of nitrogens with zero attached hydrogens (tertiary/aromatic N) is 3. The number of hydrogen-bond donors (Lipinski definition) is 1. The van der Waals surface area contributed by atoms with Crippen molar-refractivity contribution in [3.8, 4) is 0 Å². The molecular formula is C10H16N4O. The van der Waals surface area contributed by atoms with E-state index in [1.165, 1.54) is 0 Å². The van der Waals surface area contributed by atoms with Gasteiger partial charge in [-0.1, -0.05) is 6.92 Å². The summed E-state index contributed by atoms with van der Waals surface area (Å²) in [4.78, 5) is 13.4. The average Bonchev–Trinajstić information content (AvgIpc) is 2.69. The molecule has 1 aliphatic heterocycles. The fourth-order valence-corrected chi connectivity index (χ4v) is 1.97. The molecule has 1 saturated heterocycles. The van der Waals surface area contributed by atoms with E-state index in [1.807, 2.05) is 20.2 Å². The third-order valence-electron chi connectivity index (χ3n) is 2.66. The maximum absolute atomic E-state index is 11.7. The lowest BCUT2D eigenvalue weighted by Crippen LogP contribution is -2.28. The predicted octanol–water partition coefficient (Wildman–Crippen LogP) is 0.0465. The number of carbonyl (C=O) groups excluding carboxylic acids is 1. The predicted molar refractivity (Wildman–Crippen MR) is 57.5 cm³/mol. The number of rotatable bonds is 2. The summed E-state index contributed by atoms with van der Waals surface area (Å²) in [7, 11) is 1.86. The largest absolute Gasteiger partial charge is 0.326 e. The van der Waals surface area contributed by atoms with Crippen molar-refractivity contribution in [2.75, 3.05) is 11.4 Å². The van der Waals surface area contributed by atoms with E-state index >= 15 is 0 Å². The zero-order chi connectivity index (χ0) is 11.0. The van der Waals surface area contributed by atoms with Gasteiger partial charge in [-0.3, -0.25) is 9.48 Å². The number of aromatic nitrogens is 2. The zero-order valence-electron chi connectivity index (χ0n) is 9.10. The third-order valence-corrected chi connectivity index (χ3v) is 2.66. The van der Waals surface area contributed by atoms with Crippen LogP contribution in [0.15, 0.2) is 6.20 Å². The van der Waals surface area contributed by atoms with Gasteiger partial charge in [-0.15, -0.1) is 0 Å². The number of aryl methyl sites for hydroxylation is 2. The van der Waals surface area contributed by atoms with E-state index in [9.17, 15) is 4.79 Å². The van der Waals surface area contributed by atoms with Crippen molar-refractivity contribution >= 4 is 11.6 Å². The lowest BCUT2D eigenvalue weighted by molar-refractivity contribution is -0.117. The second-order valence-corrected chi connectivity index (χ2v) is 3.96. The Hall–Kier alpha value is -1.36. The molecule has 1 aromatic heterocycles. The molecule has 0 radical (unpaired) electrons. The first kappa shape index (κ1) is 10.2. The molecule has 0 aromatic carbocycles. The van der Waals surface area contributed by atoms with Gasteiger partial charge < -0.3 is 10.6 Å². The highest BCUT2D eigenvalue weighted by atomic mass is 16.2. The van der Waals surface area contributed by atoms with E-state index in [0.29, 0.717) is 13.0 Å². The van der Waals surface area contributed by atoms with E-state index in [-0.39, 0.29) is 11.9 Å². The van der Waals surface area contributed by atoms with Gasteiger partial charge in [-0.2, -0.15) is 5.10 Å². The number of anilines is 1. The van der Waals surface area contributed by atoms with Gasteiger partial charge in [0, 0.05) is 32.3 Å². The van der Waals surface area contributed by atoms with E-state index in [0.717, 1.165) is 17.8 Å². The van der Waals surface area contributed by atoms with Crippen LogP contribution in [-0.4, -0.2) is 28.3 Å². The van der Waals surface area contributed by atoms with Crippen molar-refractivity contribution in [3.05, 3.63) is 11.9 Å². The average molecular weight is 208 g/mol. The summed E-state index contributed by atoms with van der Waals surface area (Å²) in [5.41, 5.74) is 7.63. The highest BCUT2D eigenvalue weighted by molar-refractivity contribution is 5.96. The van der Waals surface area contributed by atoms with E-state index in [2.05, 4.69) is 5.10 Å². The number of amides is 1. The van der Waals surface area contributed by atoms with E-state index in [4.69, 9.17) is 5.73 Å². The topological polar surface area (TPSA) is 64.2 Å². The molecule has 5 heteroatoms. The van der Waals surface area contributed by atoms with Gasteiger partial charge >= 0.3 is 0 Å². The molecule has 2 rings (SSSR count). The van der Waals surface area contributed by atoms with Crippen LogP contribution < -0.4 is 10.6 Å². The number of hydrogen-bond acceptors (Lipinski definition) is 3. The molecule has 1 aliphatic rings. The monoisotopic (exact) mass is 208 g/mol. The van der Waals surface area contributed by atoms with Crippen LogP contribution in [0.4, 0.5) is 5.69 Å². The van der Waals surface area contributed by atoms with Crippen LogP contribution in [0.5, 0.6) is 0 Å². The molecule has 1 amide bonds. The summed E-state index contributed by atoms with van der Waals surface area (Å²) in [6.07, 6.45) is 3.15. The Morgan fingerprint density at radius 3 is 2.93 bits per heavy atom. The number of carbonyl (C=O) groups is 1. The Kier molecular flexibility index (Phi) is 2.48. The molecule has 0 saturated carbocycles. The summed E-state index contributed by atoms with van der Waals surface area (Å²) < 4.78 is 1.74. The zero-order valence-corrected chi connectivity index (χ0v) is 9.10. The highest BCUT2D eigenvalue weighted by Crippen LogP contribution is 2.24. The Labute approximate surface area is 88.8 Å². The molecule has 1 aromatic rings. The molecule has 2 N–H and O–H groups in total. The van der Waals surface area contributed by atoms with Crippen molar-refractivity contribution in [3.63, 3.8) is 0 Å². The van der Waals surface area contributed by atoms with Gasteiger partial charge in [0.25, 0.3) is 0 Å². The maximum Gasteiger partial charge on any atom is 0.228 e. The SMILES string of the molecule is CCc1nn(C)cc1N1CC(N)CC1=O. The van der Waals surface area contributed by atoms with Gasteiger partial charge in [-0.25, -0.2) is 0 Å². The smallest absolute Gasteiger partial charge is 0.228 e. The van der Waals surface area contributed by atoms with Crippen molar-refractivity contribution in [1.82, 2.24) is 9.78 Å². The Bertz CT molecular complexity index is 385. The van der Waals surface area contributed by atoms with Gasteiger partial charge in [0.1, 0.15) is 0 Å². The van der Waals surface area contributed by atoms with Crippen LogP contribution in [0.3, 0.4) is 0 Å². The molecule has 15 heavy (non-hydrogen) atoms. The molecule has 0 spiro atoms. The summed E-state index contributed by atoms with van der Waals surface area (Å²) in [5, 5.41) is 4.32. The van der Waals surface area contributed by atoms with Crippen LogP contribution in [0.1, 0.15) is 19.0 Å². The van der Waals surface area contributed by atoms with Gasteiger partial charge in [0.2, 0.25) is 5.91 Å². The number of nitrogens with two attached hydrogens (primary N) is 1. The Morgan fingerprint density at radius 1 is 1.67 bits per heavy atom. The first-order valence-electron chi connectivity index (χ1n) is 5.20. The molecule has 1 atom stereocenters. The van der Waals surface area contributed by atoms with Crippen LogP contribution in [0.25, 0.3) is 0 Å². The molecule has 0 aliphatic carbocycles. The molecule has 82 valence electrons. The maximum atomic E-state index is 11.7. The fraction of sp³-hybridized carbons (Fsp3) is 0.600. The first-order chi connectivity index (χ1) is 7.11. The molecule has 2 heterocycles. The normalized spacial score (nSPS) is 21.4. The Balaban J connectivity index is 2.32. The van der Waals surface area contributed by atoms with E-state index < -0.39 is 0 Å². The van der Waals surface area contributed by atoms with Gasteiger partial charge in [-0.05, 0) is 6.42 Å². The fourth-order valence-electron chi connectivity index (χ4n) is 1.97. The van der Waals surface area contributed by atoms with Crippen molar-refractivity contribution in [1.29, 1.82) is 0 Å². The molecule has 5 nitrogen and oxygen atoms in total. The van der Waals surface area contributed by atoms with Crippen molar-refractivity contribution < 1.29 is 4.79 Å². The van der Waals surface area contributed by atoms with Gasteiger partial charge in [0.05, 0.1) is 11.4 Å². The van der Waals surface area contributed by atoms with Gasteiger partial charge in [0.15, 0.2) is 0 Å². The third kappa shape index (κ3) is 1.74. The Morgan fingerprint density at radius 2 is 2.40 bits per heavy atom.